The second-order valence-electron chi connectivity index (χ2n) is 8.87. The van der Waals surface area contributed by atoms with Crippen molar-refractivity contribution in [2.24, 2.45) is 5.73 Å². The molecule has 0 unspecified atom stereocenters. The summed E-state index contributed by atoms with van der Waals surface area (Å²) in [6.07, 6.45) is 3.09. The minimum absolute atomic E-state index is 0. The van der Waals surface area contributed by atoms with E-state index in [0.29, 0.717) is 31.7 Å². The van der Waals surface area contributed by atoms with Crippen molar-refractivity contribution in [3.8, 4) is 0 Å². The summed E-state index contributed by atoms with van der Waals surface area (Å²) < 4.78 is 44.8. The first kappa shape index (κ1) is 25.4. The summed E-state index contributed by atoms with van der Waals surface area (Å²) >= 11 is 0. The van der Waals surface area contributed by atoms with Crippen LogP contribution in [0, 0.1) is 5.82 Å². The molecule has 2 atom stereocenters. The molecule has 2 fully saturated rings. The first-order chi connectivity index (χ1) is 14.9. The van der Waals surface area contributed by atoms with Crippen molar-refractivity contribution in [3.63, 3.8) is 0 Å². The minimum Gasteiger partial charge on any atom is -0.381 e. The molecule has 2 aromatic carbocycles. The lowest BCUT2D eigenvalue weighted by atomic mass is 9.74. The van der Waals surface area contributed by atoms with Crippen molar-refractivity contribution in [1.82, 2.24) is 4.31 Å². The van der Waals surface area contributed by atoms with E-state index in [2.05, 4.69) is 0 Å². The van der Waals surface area contributed by atoms with Crippen molar-refractivity contribution in [2.75, 3.05) is 19.8 Å². The Labute approximate surface area is 198 Å². The predicted molar refractivity (Wildman–Crippen MR) is 131 cm³/mol. The van der Waals surface area contributed by atoms with Gasteiger partial charge < -0.3 is 10.5 Å². The van der Waals surface area contributed by atoms with Gasteiger partial charge in [-0.3, -0.25) is 9.11 Å². The molecule has 0 aliphatic carbocycles. The summed E-state index contributed by atoms with van der Waals surface area (Å²) in [6.45, 7) is 3.86. The van der Waals surface area contributed by atoms with Crippen LogP contribution in [0.2, 0.25) is 0 Å². The van der Waals surface area contributed by atoms with E-state index in [4.69, 9.17) is 10.5 Å². The fraction of sp³-hybridized carbons (Fsp3) is 0.500. The second-order valence-corrected chi connectivity index (χ2v) is 11.0. The van der Waals surface area contributed by atoms with Gasteiger partial charge in [0.05, 0.1) is 5.25 Å². The first-order valence-electron chi connectivity index (χ1n) is 11.0. The number of hydrogen-bond acceptors (Lipinski definition) is 5. The van der Waals surface area contributed by atoms with Crippen LogP contribution >= 0.6 is 23.2 Å². The highest BCUT2D eigenvalue weighted by molar-refractivity contribution is 8.22. The molecule has 0 amide bonds. The van der Waals surface area contributed by atoms with E-state index in [9.17, 15) is 9.11 Å². The SMILES string of the molecule is C[C@H]1CC[C@H](c2ccccc2)S(O)(O)N1Cc1ccc(C2(CN)CCOCC2)cc1F.Cl. The smallest absolute Gasteiger partial charge is 0.128 e. The highest BCUT2D eigenvalue weighted by Crippen LogP contribution is 2.63. The molecule has 0 saturated carbocycles. The molecule has 0 aromatic heterocycles. The fourth-order valence-electron chi connectivity index (χ4n) is 4.94. The van der Waals surface area contributed by atoms with Gasteiger partial charge in [-0.2, -0.15) is 4.31 Å². The number of nitrogens with zero attached hydrogens (tertiary/aromatic N) is 1. The quantitative estimate of drug-likeness (QED) is 0.511. The van der Waals surface area contributed by atoms with Crippen molar-refractivity contribution in [2.45, 2.75) is 55.9 Å². The third kappa shape index (κ3) is 4.85. The van der Waals surface area contributed by atoms with Crippen LogP contribution in [0.25, 0.3) is 0 Å². The number of hydrogen-bond donors (Lipinski definition) is 3. The van der Waals surface area contributed by atoms with Gasteiger partial charge in [-0.15, -0.1) is 23.2 Å². The van der Waals surface area contributed by atoms with Gasteiger partial charge in [-0.05, 0) is 49.8 Å². The van der Waals surface area contributed by atoms with Crippen LogP contribution in [0.1, 0.15) is 54.5 Å². The molecule has 0 radical (unpaired) electrons. The Balaban J connectivity index is 0.00000289. The Morgan fingerprint density at radius 2 is 1.81 bits per heavy atom. The largest absolute Gasteiger partial charge is 0.381 e. The minimum atomic E-state index is -3.10. The van der Waals surface area contributed by atoms with Crippen molar-refractivity contribution in [1.29, 1.82) is 0 Å². The van der Waals surface area contributed by atoms with Crippen LogP contribution in [0.3, 0.4) is 0 Å². The van der Waals surface area contributed by atoms with E-state index < -0.39 is 10.8 Å². The average molecular weight is 485 g/mol. The lowest BCUT2D eigenvalue weighted by Gasteiger charge is -2.54. The first-order valence-corrected chi connectivity index (χ1v) is 12.6. The lowest BCUT2D eigenvalue weighted by Crippen LogP contribution is -2.42. The maximum atomic E-state index is 15.2. The Hall–Kier alpha value is -1.19. The summed E-state index contributed by atoms with van der Waals surface area (Å²) in [5.74, 6) is -0.318. The molecule has 32 heavy (non-hydrogen) atoms. The summed E-state index contributed by atoms with van der Waals surface area (Å²) in [5.41, 5.74) is 8.13. The van der Waals surface area contributed by atoms with Gasteiger partial charge >= 0.3 is 0 Å². The monoisotopic (exact) mass is 484 g/mol. The van der Waals surface area contributed by atoms with E-state index in [0.717, 1.165) is 30.4 Å². The van der Waals surface area contributed by atoms with Gasteiger partial charge in [-0.1, -0.05) is 42.5 Å². The molecule has 4 N–H and O–H groups in total. The summed E-state index contributed by atoms with van der Waals surface area (Å²) in [4.78, 5) is 0. The number of rotatable bonds is 5. The molecule has 8 heteroatoms. The van der Waals surface area contributed by atoms with Crippen LogP contribution in [0.5, 0.6) is 0 Å². The van der Waals surface area contributed by atoms with Gasteiger partial charge in [0.15, 0.2) is 0 Å². The Morgan fingerprint density at radius 3 is 2.44 bits per heavy atom. The molecule has 5 nitrogen and oxygen atoms in total. The predicted octanol–water partition coefficient (Wildman–Crippen LogP) is 5.65. The van der Waals surface area contributed by atoms with Gasteiger partial charge in [0.1, 0.15) is 5.82 Å². The van der Waals surface area contributed by atoms with Crippen molar-refractivity contribution in [3.05, 3.63) is 71.0 Å². The molecule has 4 rings (SSSR count). The van der Waals surface area contributed by atoms with Gasteiger partial charge in [0.25, 0.3) is 0 Å². The van der Waals surface area contributed by atoms with Crippen molar-refractivity contribution >= 4 is 23.2 Å². The normalized spacial score (nSPS) is 26.2. The van der Waals surface area contributed by atoms with E-state index in [1.807, 2.05) is 43.3 Å². The van der Waals surface area contributed by atoms with Crippen LogP contribution in [0.4, 0.5) is 4.39 Å². The zero-order valence-electron chi connectivity index (χ0n) is 18.5. The molecule has 2 aliphatic rings. The highest BCUT2D eigenvalue weighted by atomic mass is 35.5. The number of ether oxygens (including phenoxy) is 1. The van der Waals surface area contributed by atoms with Crippen LogP contribution in [0.15, 0.2) is 48.5 Å². The van der Waals surface area contributed by atoms with Crippen LogP contribution < -0.4 is 5.73 Å². The summed E-state index contributed by atoms with van der Waals surface area (Å²) in [7, 11) is -3.10. The van der Waals surface area contributed by atoms with Crippen molar-refractivity contribution < 1.29 is 18.2 Å². The topological polar surface area (TPSA) is 79.0 Å². The molecule has 2 aliphatic heterocycles. The van der Waals surface area contributed by atoms with E-state index in [1.165, 1.54) is 0 Å². The second kappa shape index (κ2) is 10.4. The number of halogens is 2. The van der Waals surface area contributed by atoms with Gasteiger partial charge in [-0.25, -0.2) is 4.39 Å². The molecular formula is C24H34ClFN2O3S. The average Bonchev–Trinajstić information content (AvgIpc) is 2.78. The standard InChI is InChI=1S/C24H33FN2O3S.ClH/c1-18-7-10-23(19-5-3-2-4-6-19)31(28,29)27(18)16-20-8-9-21(15-22(20)25)24(17-26)11-13-30-14-12-24;/h2-6,8-9,15,18,23,28-29H,7,10-14,16-17,26H2,1H3;1H/t18-,23+;/m0./s1. The lowest BCUT2D eigenvalue weighted by molar-refractivity contribution is 0.0528. The van der Waals surface area contributed by atoms with Gasteiger partial charge in [0.2, 0.25) is 0 Å². The molecule has 2 saturated heterocycles. The zero-order valence-corrected chi connectivity index (χ0v) is 20.1. The molecule has 2 heterocycles. The van der Waals surface area contributed by atoms with E-state index >= 15 is 4.39 Å². The molecule has 2 aromatic rings. The third-order valence-corrected chi connectivity index (χ3v) is 9.52. The Morgan fingerprint density at radius 1 is 1.12 bits per heavy atom. The van der Waals surface area contributed by atoms with Gasteiger partial charge in [0, 0.05) is 43.3 Å². The Kier molecular flexibility index (Phi) is 8.25. The fourth-order valence-corrected chi connectivity index (χ4v) is 7.20. The molecule has 178 valence electrons. The van der Waals surface area contributed by atoms with E-state index in [-0.39, 0.29) is 41.5 Å². The maximum Gasteiger partial charge on any atom is 0.128 e. The molecule has 0 spiro atoms. The third-order valence-electron chi connectivity index (χ3n) is 7.07. The zero-order chi connectivity index (χ0) is 22.1. The molecular weight excluding hydrogens is 451 g/mol. The van der Waals surface area contributed by atoms with Crippen LogP contribution in [-0.4, -0.2) is 39.2 Å². The number of benzene rings is 2. The highest BCUT2D eigenvalue weighted by Gasteiger charge is 2.41. The van der Waals surface area contributed by atoms with Crippen LogP contribution in [-0.2, 0) is 16.7 Å². The van der Waals surface area contributed by atoms with E-state index in [1.54, 1.807) is 16.4 Å². The Bertz CT molecular complexity index is 896. The number of nitrogens with two attached hydrogens (primary N) is 1. The summed E-state index contributed by atoms with van der Waals surface area (Å²) in [5, 5.41) is -0.366. The molecule has 0 bridgehead atoms. The maximum absolute atomic E-state index is 15.2. The summed E-state index contributed by atoms with van der Waals surface area (Å²) in [6, 6.07) is 14.9.